The van der Waals surface area contributed by atoms with Crippen LogP contribution >= 0.6 is 0 Å². The van der Waals surface area contributed by atoms with Crippen molar-refractivity contribution in [1.82, 2.24) is 0 Å². The highest BCUT2D eigenvalue weighted by molar-refractivity contribution is 5.84. The Labute approximate surface area is 69.2 Å². The number of rotatable bonds is 3. The fraction of sp³-hybridized carbons (Fsp3) is 0.889. The number of carbonyl (C=O) groups is 1. The second kappa shape index (κ2) is 3.86. The van der Waals surface area contributed by atoms with Crippen molar-refractivity contribution in [3.8, 4) is 0 Å². The average molecular weight is 157 g/mol. The Morgan fingerprint density at radius 3 is 2.18 bits per heavy atom. The van der Waals surface area contributed by atoms with Crippen molar-refractivity contribution in [3.05, 3.63) is 0 Å². The van der Waals surface area contributed by atoms with Gasteiger partial charge in [-0.2, -0.15) is 0 Å². The van der Waals surface area contributed by atoms with Crippen LogP contribution in [0.1, 0.15) is 40.5 Å². The zero-order valence-electron chi connectivity index (χ0n) is 7.98. The lowest BCUT2D eigenvalue weighted by Crippen LogP contribution is -2.42. The summed E-state index contributed by atoms with van der Waals surface area (Å²) in [7, 11) is 0. The minimum atomic E-state index is -0.303. The lowest BCUT2D eigenvalue weighted by Gasteiger charge is -2.25. The summed E-state index contributed by atoms with van der Waals surface area (Å²) >= 11 is 0. The quantitative estimate of drug-likeness (QED) is 0.678. The SMILES string of the molecule is CCCC(=O)C(N)C(C)(C)C. The Hall–Kier alpha value is -0.370. The van der Waals surface area contributed by atoms with Gasteiger partial charge < -0.3 is 5.73 Å². The fourth-order valence-electron chi connectivity index (χ4n) is 0.885. The number of ketones is 1. The lowest BCUT2D eigenvalue weighted by atomic mass is 9.84. The predicted molar refractivity (Wildman–Crippen MR) is 47.3 cm³/mol. The molecule has 0 radical (unpaired) electrons. The van der Waals surface area contributed by atoms with Gasteiger partial charge in [-0.1, -0.05) is 27.7 Å². The molecule has 0 saturated heterocycles. The Kier molecular flexibility index (Phi) is 3.73. The highest BCUT2D eigenvalue weighted by atomic mass is 16.1. The molecule has 0 saturated carbocycles. The summed E-state index contributed by atoms with van der Waals surface area (Å²) in [6.45, 7) is 7.97. The molecule has 2 N–H and O–H groups in total. The largest absolute Gasteiger partial charge is 0.321 e. The van der Waals surface area contributed by atoms with Crippen molar-refractivity contribution in [1.29, 1.82) is 0 Å². The van der Waals surface area contributed by atoms with Crippen LogP contribution in [0.15, 0.2) is 0 Å². The molecule has 0 bridgehead atoms. The minimum absolute atomic E-state index is 0.0910. The van der Waals surface area contributed by atoms with E-state index < -0.39 is 0 Å². The molecule has 1 unspecified atom stereocenters. The van der Waals surface area contributed by atoms with Crippen molar-refractivity contribution in [2.75, 3.05) is 0 Å². The van der Waals surface area contributed by atoms with Crippen LogP contribution in [0.3, 0.4) is 0 Å². The maximum absolute atomic E-state index is 11.3. The monoisotopic (exact) mass is 157 g/mol. The highest BCUT2D eigenvalue weighted by Crippen LogP contribution is 2.18. The standard InChI is InChI=1S/C9H19NO/c1-5-6-7(11)8(10)9(2,3)4/h8H,5-6,10H2,1-4H3. The maximum atomic E-state index is 11.3. The predicted octanol–water partition coefficient (Wildman–Crippen LogP) is 1.73. The third kappa shape index (κ3) is 3.51. The van der Waals surface area contributed by atoms with E-state index in [1.165, 1.54) is 0 Å². The van der Waals surface area contributed by atoms with Gasteiger partial charge in [0.15, 0.2) is 0 Å². The maximum Gasteiger partial charge on any atom is 0.150 e. The summed E-state index contributed by atoms with van der Waals surface area (Å²) in [6.07, 6.45) is 1.50. The van der Waals surface area contributed by atoms with E-state index >= 15 is 0 Å². The highest BCUT2D eigenvalue weighted by Gasteiger charge is 2.26. The summed E-state index contributed by atoms with van der Waals surface area (Å²) in [5.41, 5.74) is 5.64. The van der Waals surface area contributed by atoms with E-state index in [1.807, 2.05) is 27.7 Å². The number of carbonyl (C=O) groups excluding carboxylic acids is 1. The molecule has 1 atom stereocenters. The molecule has 0 heterocycles. The molecular formula is C9H19NO. The van der Waals surface area contributed by atoms with Gasteiger partial charge in [0.2, 0.25) is 0 Å². The summed E-state index contributed by atoms with van der Waals surface area (Å²) in [4.78, 5) is 11.3. The Morgan fingerprint density at radius 1 is 1.45 bits per heavy atom. The number of hydrogen-bond donors (Lipinski definition) is 1. The van der Waals surface area contributed by atoms with Crippen molar-refractivity contribution < 1.29 is 4.79 Å². The molecular weight excluding hydrogens is 138 g/mol. The molecule has 11 heavy (non-hydrogen) atoms. The van der Waals surface area contributed by atoms with Crippen LogP contribution in [0.5, 0.6) is 0 Å². The molecule has 0 aromatic heterocycles. The van der Waals surface area contributed by atoms with Crippen molar-refractivity contribution in [2.24, 2.45) is 11.1 Å². The molecule has 0 rings (SSSR count). The Morgan fingerprint density at radius 2 is 1.91 bits per heavy atom. The Bertz CT molecular complexity index is 135. The molecule has 0 aliphatic carbocycles. The van der Waals surface area contributed by atoms with E-state index in [9.17, 15) is 4.79 Å². The lowest BCUT2D eigenvalue weighted by molar-refractivity contribution is -0.122. The van der Waals surface area contributed by atoms with Gasteiger partial charge >= 0.3 is 0 Å². The van der Waals surface area contributed by atoms with E-state index in [-0.39, 0.29) is 17.2 Å². The van der Waals surface area contributed by atoms with Crippen molar-refractivity contribution in [3.63, 3.8) is 0 Å². The number of Topliss-reactive ketones (excluding diaryl/α,β-unsaturated/α-hetero) is 1. The first-order valence-corrected chi connectivity index (χ1v) is 4.18. The summed E-state index contributed by atoms with van der Waals surface area (Å²) < 4.78 is 0. The van der Waals surface area contributed by atoms with Crippen molar-refractivity contribution in [2.45, 2.75) is 46.6 Å². The third-order valence-corrected chi connectivity index (χ3v) is 1.78. The zero-order valence-corrected chi connectivity index (χ0v) is 7.98. The summed E-state index contributed by atoms with van der Waals surface area (Å²) in [5.74, 6) is 0.181. The van der Waals surface area contributed by atoms with Gasteiger partial charge in [0.25, 0.3) is 0 Å². The average Bonchev–Trinajstić information content (AvgIpc) is 1.85. The summed E-state index contributed by atoms with van der Waals surface area (Å²) in [5, 5.41) is 0. The van der Waals surface area contributed by atoms with Gasteiger partial charge in [-0.05, 0) is 11.8 Å². The number of hydrogen-bond acceptors (Lipinski definition) is 2. The molecule has 0 aromatic rings. The second-order valence-corrected chi connectivity index (χ2v) is 4.06. The van der Waals surface area contributed by atoms with Gasteiger partial charge in [-0.15, -0.1) is 0 Å². The molecule has 2 heteroatoms. The smallest absolute Gasteiger partial charge is 0.150 e. The van der Waals surface area contributed by atoms with Crippen LogP contribution in [0.4, 0.5) is 0 Å². The molecule has 2 nitrogen and oxygen atoms in total. The summed E-state index contributed by atoms with van der Waals surface area (Å²) in [6, 6.07) is -0.303. The van der Waals surface area contributed by atoms with Gasteiger partial charge in [0.05, 0.1) is 6.04 Å². The van der Waals surface area contributed by atoms with Gasteiger partial charge in [0, 0.05) is 6.42 Å². The second-order valence-electron chi connectivity index (χ2n) is 4.06. The minimum Gasteiger partial charge on any atom is -0.321 e. The van der Waals surface area contributed by atoms with E-state index in [1.54, 1.807) is 0 Å². The van der Waals surface area contributed by atoms with Gasteiger partial charge in [-0.3, -0.25) is 4.79 Å². The third-order valence-electron chi connectivity index (χ3n) is 1.78. The van der Waals surface area contributed by atoms with Gasteiger partial charge in [-0.25, -0.2) is 0 Å². The van der Waals surface area contributed by atoms with Gasteiger partial charge in [0.1, 0.15) is 5.78 Å². The van der Waals surface area contributed by atoms with Crippen LogP contribution in [0.25, 0.3) is 0 Å². The molecule has 0 aliphatic rings. The molecule has 66 valence electrons. The zero-order chi connectivity index (χ0) is 9.07. The topological polar surface area (TPSA) is 43.1 Å². The van der Waals surface area contributed by atoms with E-state index in [0.717, 1.165) is 6.42 Å². The molecule has 0 amide bonds. The first-order valence-electron chi connectivity index (χ1n) is 4.18. The van der Waals surface area contributed by atoms with Crippen LogP contribution in [0.2, 0.25) is 0 Å². The van der Waals surface area contributed by atoms with E-state index in [4.69, 9.17) is 5.73 Å². The Balaban J connectivity index is 4.03. The normalized spacial score (nSPS) is 14.6. The van der Waals surface area contributed by atoms with Crippen LogP contribution in [0, 0.1) is 5.41 Å². The van der Waals surface area contributed by atoms with Crippen LogP contribution in [-0.2, 0) is 4.79 Å². The molecule has 0 aromatic carbocycles. The van der Waals surface area contributed by atoms with Crippen LogP contribution in [-0.4, -0.2) is 11.8 Å². The molecule has 0 fully saturated rings. The van der Waals surface area contributed by atoms with Crippen molar-refractivity contribution >= 4 is 5.78 Å². The molecule has 0 aliphatic heterocycles. The van der Waals surface area contributed by atoms with E-state index in [0.29, 0.717) is 6.42 Å². The van der Waals surface area contributed by atoms with E-state index in [2.05, 4.69) is 0 Å². The fourth-order valence-corrected chi connectivity index (χ4v) is 0.885. The first kappa shape index (κ1) is 10.6. The van der Waals surface area contributed by atoms with Crippen LogP contribution < -0.4 is 5.73 Å². The molecule has 0 spiro atoms. The number of nitrogens with two attached hydrogens (primary N) is 1. The first-order chi connectivity index (χ1) is 4.89.